The SMILES string of the molecule is COC(=O)c1sc(-c2ccc(Cl)c(Cl)c2)cc1OC. The second-order valence-corrected chi connectivity index (χ2v) is 5.50. The highest BCUT2D eigenvalue weighted by Crippen LogP contribution is 2.38. The Morgan fingerprint density at radius 2 is 1.89 bits per heavy atom. The highest BCUT2D eigenvalue weighted by molar-refractivity contribution is 7.17. The number of rotatable bonds is 3. The van der Waals surface area contributed by atoms with Crippen LogP contribution in [0.3, 0.4) is 0 Å². The topological polar surface area (TPSA) is 35.5 Å². The average molecular weight is 317 g/mol. The van der Waals surface area contributed by atoms with Gasteiger partial charge >= 0.3 is 5.97 Å². The van der Waals surface area contributed by atoms with Gasteiger partial charge in [-0.2, -0.15) is 0 Å². The summed E-state index contributed by atoms with van der Waals surface area (Å²) in [5.74, 6) is 0.0612. The molecule has 19 heavy (non-hydrogen) atoms. The summed E-state index contributed by atoms with van der Waals surface area (Å²) >= 11 is 13.1. The minimum atomic E-state index is -0.423. The van der Waals surface area contributed by atoms with Crippen molar-refractivity contribution in [2.75, 3.05) is 14.2 Å². The molecule has 0 fully saturated rings. The maximum absolute atomic E-state index is 11.6. The van der Waals surface area contributed by atoms with E-state index in [2.05, 4.69) is 0 Å². The molecule has 100 valence electrons. The molecule has 0 spiro atoms. The minimum absolute atomic E-state index is 0.422. The van der Waals surface area contributed by atoms with Crippen molar-refractivity contribution in [1.82, 2.24) is 0 Å². The van der Waals surface area contributed by atoms with Crippen LogP contribution in [-0.4, -0.2) is 20.2 Å². The lowest BCUT2D eigenvalue weighted by atomic mass is 10.2. The van der Waals surface area contributed by atoms with Crippen molar-refractivity contribution < 1.29 is 14.3 Å². The molecule has 6 heteroatoms. The number of thiophene rings is 1. The van der Waals surface area contributed by atoms with Crippen LogP contribution >= 0.6 is 34.5 Å². The van der Waals surface area contributed by atoms with Gasteiger partial charge in [-0.15, -0.1) is 11.3 Å². The molecule has 0 amide bonds. The summed E-state index contributed by atoms with van der Waals surface area (Å²) in [4.78, 5) is 12.9. The summed E-state index contributed by atoms with van der Waals surface area (Å²) in [6, 6.07) is 7.07. The molecule has 0 bridgehead atoms. The number of ether oxygens (including phenoxy) is 2. The van der Waals surface area contributed by atoms with E-state index in [0.29, 0.717) is 20.7 Å². The van der Waals surface area contributed by atoms with Crippen LogP contribution in [0.25, 0.3) is 10.4 Å². The molecule has 0 saturated heterocycles. The largest absolute Gasteiger partial charge is 0.495 e. The Hall–Kier alpha value is -1.23. The first-order valence-electron chi connectivity index (χ1n) is 5.28. The van der Waals surface area contributed by atoms with E-state index in [1.54, 1.807) is 18.2 Å². The van der Waals surface area contributed by atoms with Gasteiger partial charge in [0.1, 0.15) is 5.75 Å². The minimum Gasteiger partial charge on any atom is -0.495 e. The lowest BCUT2D eigenvalue weighted by Gasteiger charge is -1.99. The van der Waals surface area contributed by atoms with Gasteiger partial charge in [-0.3, -0.25) is 0 Å². The summed E-state index contributed by atoms with van der Waals surface area (Å²) in [6.07, 6.45) is 0. The summed E-state index contributed by atoms with van der Waals surface area (Å²) < 4.78 is 9.89. The van der Waals surface area contributed by atoms with Crippen molar-refractivity contribution in [3.8, 4) is 16.2 Å². The number of halogens is 2. The van der Waals surface area contributed by atoms with Crippen LogP contribution in [0, 0.1) is 0 Å². The molecule has 0 unspecified atom stereocenters. The van der Waals surface area contributed by atoms with Gasteiger partial charge in [0.15, 0.2) is 4.88 Å². The Labute approximate surface area is 124 Å². The summed E-state index contributed by atoms with van der Waals surface area (Å²) in [6.45, 7) is 0. The monoisotopic (exact) mass is 316 g/mol. The van der Waals surface area contributed by atoms with Crippen molar-refractivity contribution >= 4 is 40.5 Å². The van der Waals surface area contributed by atoms with Crippen LogP contribution in [0.4, 0.5) is 0 Å². The fraction of sp³-hybridized carbons (Fsp3) is 0.154. The first-order chi connectivity index (χ1) is 9.06. The van der Waals surface area contributed by atoms with Crippen LogP contribution in [0.2, 0.25) is 10.0 Å². The van der Waals surface area contributed by atoms with Crippen molar-refractivity contribution in [2.24, 2.45) is 0 Å². The molecule has 0 radical (unpaired) electrons. The van der Waals surface area contributed by atoms with Crippen LogP contribution in [-0.2, 0) is 4.74 Å². The summed E-state index contributed by atoms with van der Waals surface area (Å²) in [5.41, 5.74) is 0.868. The van der Waals surface area contributed by atoms with E-state index >= 15 is 0 Å². The maximum Gasteiger partial charge on any atom is 0.351 e. The van der Waals surface area contributed by atoms with E-state index in [-0.39, 0.29) is 0 Å². The Morgan fingerprint density at radius 3 is 2.47 bits per heavy atom. The van der Waals surface area contributed by atoms with Crippen LogP contribution in [0.1, 0.15) is 9.67 Å². The number of methoxy groups -OCH3 is 2. The number of esters is 1. The highest BCUT2D eigenvalue weighted by atomic mass is 35.5. The number of hydrogen-bond acceptors (Lipinski definition) is 4. The van der Waals surface area contributed by atoms with Gasteiger partial charge in [-0.05, 0) is 23.8 Å². The van der Waals surface area contributed by atoms with E-state index < -0.39 is 5.97 Å². The highest BCUT2D eigenvalue weighted by Gasteiger charge is 2.18. The van der Waals surface area contributed by atoms with Gasteiger partial charge in [0, 0.05) is 4.88 Å². The Morgan fingerprint density at radius 1 is 1.16 bits per heavy atom. The molecule has 3 nitrogen and oxygen atoms in total. The van der Waals surface area contributed by atoms with Gasteiger partial charge in [-0.25, -0.2) is 4.79 Å². The maximum atomic E-state index is 11.6. The standard InChI is InChI=1S/C13H10Cl2O3S/c1-17-10-6-11(19-12(10)13(16)18-2)7-3-4-8(14)9(15)5-7/h3-6H,1-2H3. The molecule has 0 N–H and O–H groups in total. The third-order valence-electron chi connectivity index (χ3n) is 2.49. The van der Waals surface area contributed by atoms with Crippen molar-refractivity contribution in [2.45, 2.75) is 0 Å². The molecule has 0 saturated carbocycles. The molecule has 0 aliphatic rings. The predicted octanol–water partition coefficient (Wildman–Crippen LogP) is 4.52. The lowest BCUT2D eigenvalue weighted by molar-refractivity contribution is 0.0603. The summed E-state index contributed by atoms with van der Waals surface area (Å²) in [7, 11) is 2.84. The van der Waals surface area contributed by atoms with Gasteiger partial charge in [0.25, 0.3) is 0 Å². The molecule has 0 atom stereocenters. The summed E-state index contributed by atoms with van der Waals surface area (Å²) in [5, 5.41) is 0.952. The molecular weight excluding hydrogens is 307 g/mol. The van der Waals surface area contributed by atoms with Crippen LogP contribution in [0.15, 0.2) is 24.3 Å². The molecule has 2 aromatic rings. The Bertz CT molecular complexity index is 622. The second kappa shape index (κ2) is 5.82. The van der Waals surface area contributed by atoms with Crippen LogP contribution in [0.5, 0.6) is 5.75 Å². The van der Waals surface area contributed by atoms with Gasteiger partial charge in [0.05, 0.1) is 24.3 Å². The number of carbonyl (C=O) groups excluding carboxylic acids is 1. The number of carbonyl (C=O) groups is 1. The zero-order valence-electron chi connectivity index (χ0n) is 10.2. The van der Waals surface area contributed by atoms with Crippen molar-refractivity contribution in [3.05, 3.63) is 39.2 Å². The molecule has 1 aromatic heterocycles. The Kier molecular flexibility index (Phi) is 4.34. The van der Waals surface area contributed by atoms with E-state index in [1.165, 1.54) is 25.6 Å². The van der Waals surface area contributed by atoms with E-state index in [4.69, 9.17) is 32.7 Å². The lowest BCUT2D eigenvalue weighted by Crippen LogP contribution is -1.99. The van der Waals surface area contributed by atoms with Crippen molar-refractivity contribution in [3.63, 3.8) is 0 Å². The fourth-order valence-electron chi connectivity index (χ4n) is 1.55. The number of hydrogen-bond donors (Lipinski definition) is 0. The first kappa shape index (κ1) is 14.2. The van der Waals surface area contributed by atoms with Gasteiger partial charge < -0.3 is 9.47 Å². The molecule has 1 aromatic carbocycles. The molecule has 0 aliphatic carbocycles. The van der Waals surface area contributed by atoms with E-state index in [9.17, 15) is 4.79 Å². The van der Waals surface area contributed by atoms with E-state index in [1.807, 2.05) is 6.07 Å². The van der Waals surface area contributed by atoms with Crippen LogP contribution < -0.4 is 4.74 Å². The fourth-order valence-corrected chi connectivity index (χ4v) is 2.89. The third kappa shape index (κ3) is 2.86. The Balaban J connectivity index is 2.48. The van der Waals surface area contributed by atoms with E-state index in [0.717, 1.165) is 10.4 Å². The van der Waals surface area contributed by atoms with Crippen molar-refractivity contribution in [1.29, 1.82) is 0 Å². The first-order valence-corrected chi connectivity index (χ1v) is 6.85. The number of benzene rings is 1. The molecule has 1 heterocycles. The second-order valence-electron chi connectivity index (χ2n) is 3.63. The predicted molar refractivity (Wildman–Crippen MR) is 77.7 cm³/mol. The third-order valence-corrected chi connectivity index (χ3v) is 4.38. The molecule has 2 rings (SSSR count). The van der Waals surface area contributed by atoms with Gasteiger partial charge in [0.2, 0.25) is 0 Å². The molecular formula is C13H10Cl2O3S. The normalized spacial score (nSPS) is 10.3. The quantitative estimate of drug-likeness (QED) is 0.781. The molecule has 0 aliphatic heterocycles. The van der Waals surface area contributed by atoms with Gasteiger partial charge in [-0.1, -0.05) is 29.3 Å². The smallest absolute Gasteiger partial charge is 0.351 e. The zero-order valence-corrected chi connectivity index (χ0v) is 12.5. The zero-order chi connectivity index (χ0) is 14.0. The average Bonchev–Trinajstić information content (AvgIpc) is 2.85.